The Morgan fingerprint density at radius 1 is 0.560 bits per heavy atom. The van der Waals surface area contributed by atoms with Gasteiger partial charge in [-0.1, -0.05) is 30.9 Å². The highest BCUT2D eigenvalue weighted by Gasteiger charge is 2.30. The number of pyridine rings is 3. The molecule has 2 aromatic carbocycles. The van der Waals surface area contributed by atoms with Crippen LogP contribution in [0.1, 0.15) is 85.6 Å². The van der Waals surface area contributed by atoms with Crippen LogP contribution >= 0.6 is 58.0 Å². The number of benzene rings is 2. The Bertz CT molecular complexity index is 2220. The van der Waals surface area contributed by atoms with Crippen LogP contribution in [0.4, 0.5) is 0 Å². The molecule has 3 aliphatic heterocycles. The van der Waals surface area contributed by atoms with Crippen molar-refractivity contribution >= 4 is 75.7 Å². The second-order valence-corrected chi connectivity index (χ2v) is 17.0. The summed E-state index contributed by atoms with van der Waals surface area (Å²) < 4.78 is 27.5. The second kappa shape index (κ2) is 42.4. The third-order valence-corrected chi connectivity index (χ3v) is 12.3. The number of nitrogens with zero attached hydrogens (tertiary/aromatic N) is 6. The lowest BCUT2D eigenvalue weighted by atomic mass is 10.0. The molecule has 8 rings (SSSR count). The zero-order chi connectivity index (χ0) is 53.1. The van der Waals surface area contributed by atoms with Crippen LogP contribution in [0.2, 0.25) is 0 Å². The van der Waals surface area contributed by atoms with Gasteiger partial charge in [-0.15, -0.1) is 58.0 Å². The number of halogens is 4. The van der Waals surface area contributed by atoms with E-state index in [9.17, 15) is 19.5 Å². The first-order chi connectivity index (χ1) is 35.7. The van der Waals surface area contributed by atoms with Crippen molar-refractivity contribution in [3.8, 4) is 11.5 Å². The van der Waals surface area contributed by atoms with Crippen LogP contribution in [0.3, 0.4) is 0 Å². The molecular weight excluding hydrogens is 1060 g/mol. The van der Waals surface area contributed by atoms with Gasteiger partial charge in [-0.2, -0.15) is 0 Å². The minimum atomic E-state index is -0.0191. The monoisotopic (exact) mass is 1140 g/mol. The first-order valence-electron chi connectivity index (χ1n) is 24.7. The van der Waals surface area contributed by atoms with E-state index in [4.69, 9.17) is 36.9 Å². The predicted molar refractivity (Wildman–Crippen MR) is 307 cm³/mol. The lowest BCUT2D eigenvalue weighted by molar-refractivity contribution is -0.139. The number of aliphatic hydroxyl groups is 2. The molecule has 3 aromatic heterocycles. The maximum Gasteiger partial charge on any atom is 0.223 e. The lowest BCUT2D eigenvalue weighted by Gasteiger charge is -2.35. The highest BCUT2D eigenvalue weighted by atomic mass is 35.5. The molecule has 4 atom stereocenters. The smallest absolute Gasteiger partial charge is 0.223 e. The van der Waals surface area contributed by atoms with Crippen molar-refractivity contribution in [2.45, 2.75) is 108 Å². The molecule has 15 nitrogen and oxygen atoms in total. The van der Waals surface area contributed by atoms with E-state index in [2.05, 4.69) is 15.0 Å². The van der Waals surface area contributed by atoms with Crippen molar-refractivity contribution in [1.82, 2.24) is 29.7 Å². The summed E-state index contributed by atoms with van der Waals surface area (Å²) in [6, 6.07) is 27.5. The van der Waals surface area contributed by atoms with Gasteiger partial charge in [0.2, 0.25) is 17.7 Å². The van der Waals surface area contributed by atoms with Gasteiger partial charge in [0, 0.05) is 96.2 Å². The number of hydrogen-bond acceptors (Lipinski definition) is 12. The van der Waals surface area contributed by atoms with Crippen LogP contribution < -0.4 is 9.47 Å². The molecule has 1 unspecified atom stereocenters. The fourth-order valence-electron chi connectivity index (χ4n) is 8.16. The number of hydrogen-bond donors (Lipinski definition) is 2. The number of carbonyl (C=O) groups is 3. The van der Waals surface area contributed by atoms with Crippen molar-refractivity contribution in [2.24, 2.45) is 0 Å². The fraction of sp³-hybridized carbons (Fsp3) is 0.455. The molecule has 0 spiro atoms. The number of ether oxygens (including phenoxy) is 4. The van der Waals surface area contributed by atoms with Gasteiger partial charge in [0.1, 0.15) is 11.5 Å². The Hall–Kier alpha value is -4.67. The lowest BCUT2D eigenvalue weighted by Crippen LogP contribution is -2.45. The number of likely N-dealkylation sites (tertiary alicyclic amines) is 3. The van der Waals surface area contributed by atoms with Crippen LogP contribution in [0.15, 0.2) is 122 Å². The van der Waals surface area contributed by atoms with Crippen molar-refractivity contribution in [3.63, 3.8) is 0 Å². The van der Waals surface area contributed by atoms with Gasteiger partial charge in [-0.25, -0.2) is 0 Å². The van der Waals surface area contributed by atoms with Crippen molar-refractivity contribution in [2.75, 3.05) is 54.9 Å². The third kappa shape index (κ3) is 25.8. The first kappa shape index (κ1) is 68.3. The molecular formula is C55H79Cl4N6O9P. The summed E-state index contributed by atoms with van der Waals surface area (Å²) in [5.74, 6) is 2.85. The molecule has 20 heteroatoms. The number of amides is 3. The molecule has 0 bridgehead atoms. The number of carbonyl (C=O) groups excluding carboxylic acids is 3. The highest BCUT2D eigenvalue weighted by Crippen LogP contribution is 2.24. The Labute approximate surface area is 472 Å². The molecule has 5 aromatic rings. The summed E-state index contributed by atoms with van der Waals surface area (Å²) >= 11 is 5.58. The van der Waals surface area contributed by atoms with Gasteiger partial charge in [0.15, 0.2) is 0 Å². The van der Waals surface area contributed by atoms with Crippen LogP contribution in [0.25, 0.3) is 0 Å². The van der Waals surface area contributed by atoms with E-state index in [1.54, 1.807) is 63.4 Å². The van der Waals surface area contributed by atoms with E-state index in [0.29, 0.717) is 73.8 Å². The fourth-order valence-corrected chi connectivity index (χ4v) is 8.34. The maximum atomic E-state index is 12.4. The molecule has 416 valence electrons. The first-order valence-corrected chi connectivity index (χ1v) is 25.8. The molecule has 3 amide bonds. The number of rotatable bonds is 16. The summed E-state index contributed by atoms with van der Waals surface area (Å²) in [5, 5.41) is 16.3. The van der Waals surface area contributed by atoms with Crippen LogP contribution in [0.5, 0.6) is 11.5 Å². The number of piperidine rings is 3. The van der Waals surface area contributed by atoms with Gasteiger partial charge >= 0.3 is 0 Å². The summed E-state index contributed by atoms with van der Waals surface area (Å²) in [4.78, 5) is 53.7. The number of alkyl halides is 1. The van der Waals surface area contributed by atoms with Crippen molar-refractivity contribution in [1.29, 1.82) is 1.28 Å². The normalized spacial score (nSPS) is 16.8. The van der Waals surface area contributed by atoms with E-state index in [-0.39, 0.29) is 79.7 Å². The second-order valence-electron chi connectivity index (χ2n) is 16.8. The van der Waals surface area contributed by atoms with E-state index in [0.717, 1.165) is 85.0 Å². The Balaban J connectivity index is 0.000000983. The topological polar surface area (TPSA) is 177 Å². The van der Waals surface area contributed by atoms with E-state index < -0.39 is 0 Å². The Morgan fingerprint density at radius 3 is 1.23 bits per heavy atom. The Kier molecular flexibility index (Phi) is 38.7. The minimum absolute atomic E-state index is 0. The molecule has 0 aliphatic carbocycles. The summed E-state index contributed by atoms with van der Waals surface area (Å²) in [6.07, 6.45) is 18.1. The van der Waals surface area contributed by atoms with Crippen molar-refractivity contribution < 1.29 is 43.5 Å². The predicted octanol–water partition coefficient (Wildman–Crippen LogP) is 9.55. The summed E-state index contributed by atoms with van der Waals surface area (Å²) in [7, 11) is 6.32. The Morgan fingerprint density at radius 2 is 0.893 bits per heavy atom. The maximum absolute atomic E-state index is 12.4. The molecule has 3 aliphatic rings. The number of aromatic nitrogens is 3. The van der Waals surface area contributed by atoms with Crippen LogP contribution in [0, 0.1) is 0 Å². The molecule has 6 heterocycles. The summed E-state index contributed by atoms with van der Waals surface area (Å²) in [6.45, 7) is 5.45. The minimum Gasteiger partial charge on any atom is -0.497 e. The average Bonchev–Trinajstić information content (AvgIpc) is 3.43. The molecule has 3 saturated heterocycles. The largest absolute Gasteiger partial charge is 0.497 e. The van der Waals surface area contributed by atoms with Gasteiger partial charge in [-0.05, 0) is 127 Å². The van der Waals surface area contributed by atoms with E-state index >= 15 is 0 Å². The zero-order valence-electron chi connectivity index (χ0n) is 44.8. The third-order valence-electron chi connectivity index (χ3n) is 12.0. The standard InChI is InChI=1S/C20H24N2O3.C13H18N2O2.C12H16N2O2.C8H9ClO.CH4O.CH5P.3ClH/c1-24-19-7-5-17(6-8-19)14-25-15-18-3-2-4-20(23)22(18)13-16-9-11-21-12-10-16;1-17-10-12-3-2-4-13(16)15(12)9-11-5-7-14-8-6-11;15-9-11-2-1-3-12(16)14(11)8-10-4-6-13-7-5-10;1-10-8-4-2-7(6-9)3-5-8;2*1-2;;;/h5-12,18H,2-4,13-15H2,1H3;5-8,12H,2-4,9-10H2,1H3;4-7,11,15H,1-3,8-9H2;2-5H,6H2,1H3;2H,1H3;2H2,1H3;3*1H/t18-;12-;11-;;;;;;/m000....../s1/i;;;;;2T;;;. The average molecular weight is 1140 g/mol. The van der Waals surface area contributed by atoms with Gasteiger partial charge in [-0.3, -0.25) is 29.3 Å². The van der Waals surface area contributed by atoms with Gasteiger partial charge in [0.05, 0.1) is 60.1 Å². The van der Waals surface area contributed by atoms with Gasteiger partial charge in [0.25, 0.3) is 0 Å². The summed E-state index contributed by atoms with van der Waals surface area (Å²) in [5.41, 5.74) is 5.50. The highest BCUT2D eigenvalue weighted by molar-refractivity contribution is 7.15. The molecule has 0 radical (unpaired) electrons. The number of aliphatic hydroxyl groups excluding tert-OH is 2. The van der Waals surface area contributed by atoms with Crippen LogP contribution in [-0.4, -0.2) is 132 Å². The molecule has 0 saturated carbocycles. The van der Waals surface area contributed by atoms with E-state index in [1.165, 1.54) is 0 Å². The quantitative estimate of drug-likeness (QED) is 0.0708. The molecule has 3 fully saturated rings. The van der Waals surface area contributed by atoms with Gasteiger partial charge < -0.3 is 43.9 Å². The molecule has 75 heavy (non-hydrogen) atoms. The number of methoxy groups -OCH3 is 3. The molecule has 2 N–H and O–H groups in total. The SMILES string of the molecule is CO.COC[C@@H]1CCCC(=O)N1Cc1ccncc1.COc1ccc(CCl)cc1.COc1ccc(COC[C@@H]2CCCC(=O)N2Cc2ccncc2)cc1.Cl.Cl.Cl.O=C1CCC[C@@H](CO)N1Cc1ccncc1.[3H]PC. The van der Waals surface area contributed by atoms with E-state index in [1.807, 2.05) is 101 Å². The van der Waals surface area contributed by atoms with Crippen LogP contribution in [-0.2, 0) is 56.0 Å². The van der Waals surface area contributed by atoms with Crippen molar-refractivity contribution in [3.05, 3.63) is 150 Å². The zero-order valence-corrected chi connectivity index (χ0v) is 48.0.